The Balaban J connectivity index is 1.47. The molecule has 23 heavy (non-hydrogen) atoms. The Morgan fingerprint density at radius 2 is 2.04 bits per heavy atom. The van der Waals surface area contributed by atoms with Crippen LogP contribution in [0.1, 0.15) is 28.2 Å². The van der Waals surface area contributed by atoms with E-state index in [4.69, 9.17) is 4.42 Å². The summed E-state index contributed by atoms with van der Waals surface area (Å²) in [6.07, 6.45) is 4.20. The normalized spacial score (nSPS) is 17.4. The van der Waals surface area contributed by atoms with Gasteiger partial charge in [0.1, 0.15) is 0 Å². The average Bonchev–Trinajstić information content (AvgIpc) is 3.26. The van der Waals surface area contributed by atoms with Crippen LogP contribution in [0.15, 0.2) is 27.6 Å². The van der Waals surface area contributed by atoms with Crippen molar-refractivity contribution in [2.75, 3.05) is 31.1 Å². The summed E-state index contributed by atoms with van der Waals surface area (Å²) in [4.78, 5) is 35.6. The monoisotopic (exact) mass is 314 g/mol. The van der Waals surface area contributed by atoms with Crippen LogP contribution in [0.4, 0.5) is 5.95 Å². The number of furan rings is 1. The van der Waals surface area contributed by atoms with Crippen molar-refractivity contribution in [3.05, 3.63) is 45.8 Å². The highest BCUT2D eigenvalue weighted by atomic mass is 16.3. The summed E-state index contributed by atoms with van der Waals surface area (Å²) in [5.41, 5.74) is 1.75. The molecule has 1 fully saturated rings. The minimum Gasteiger partial charge on any atom is -0.459 e. The van der Waals surface area contributed by atoms with Gasteiger partial charge in [0.2, 0.25) is 5.95 Å². The van der Waals surface area contributed by atoms with E-state index in [0.717, 1.165) is 30.5 Å². The molecule has 0 bridgehead atoms. The number of aryl methyl sites for hydroxylation is 1. The highest BCUT2D eigenvalue weighted by Crippen LogP contribution is 2.19. The van der Waals surface area contributed by atoms with Crippen molar-refractivity contribution in [2.24, 2.45) is 0 Å². The number of carbonyl (C=O) groups is 1. The molecule has 0 radical (unpaired) electrons. The first-order valence-electron chi connectivity index (χ1n) is 7.92. The zero-order valence-electron chi connectivity index (χ0n) is 12.7. The van der Waals surface area contributed by atoms with Crippen LogP contribution >= 0.6 is 0 Å². The molecule has 0 spiro atoms. The van der Waals surface area contributed by atoms with Gasteiger partial charge in [0.15, 0.2) is 5.76 Å². The standard InChI is InChI=1S/C16H18N4O3/c21-14-11-3-1-4-12(11)17-16(18-14)20-8-6-19(7-9-20)15(22)13-5-2-10-23-13/h2,5,10H,1,3-4,6-9H2,(H,17,18,21). The molecule has 0 aromatic carbocycles. The van der Waals surface area contributed by atoms with Crippen molar-refractivity contribution in [1.82, 2.24) is 14.9 Å². The molecule has 7 nitrogen and oxygen atoms in total. The molecule has 1 aliphatic carbocycles. The Bertz CT molecular complexity index is 773. The first-order valence-corrected chi connectivity index (χ1v) is 7.92. The van der Waals surface area contributed by atoms with Gasteiger partial charge in [-0.3, -0.25) is 14.6 Å². The lowest BCUT2D eigenvalue weighted by Gasteiger charge is -2.34. The van der Waals surface area contributed by atoms with Crippen molar-refractivity contribution in [3.8, 4) is 0 Å². The molecule has 2 aliphatic rings. The van der Waals surface area contributed by atoms with Gasteiger partial charge < -0.3 is 14.2 Å². The lowest BCUT2D eigenvalue weighted by atomic mass is 10.2. The molecule has 1 N–H and O–H groups in total. The maximum Gasteiger partial charge on any atom is 0.289 e. The first kappa shape index (κ1) is 14.0. The van der Waals surface area contributed by atoms with E-state index >= 15 is 0 Å². The predicted octanol–water partition coefficient (Wildman–Crippen LogP) is 0.814. The van der Waals surface area contributed by atoms with Crippen LogP contribution in [0.2, 0.25) is 0 Å². The van der Waals surface area contributed by atoms with E-state index in [1.54, 1.807) is 17.0 Å². The van der Waals surface area contributed by atoms with Gasteiger partial charge in [-0.25, -0.2) is 4.98 Å². The zero-order chi connectivity index (χ0) is 15.8. The second-order valence-electron chi connectivity index (χ2n) is 5.92. The maximum absolute atomic E-state index is 12.3. The second kappa shape index (κ2) is 5.57. The summed E-state index contributed by atoms with van der Waals surface area (Å²) >= 11 is 0. The summed E-state index contributed by atoms with van der Waals surface area (Å²) in [5.74, 6) is 0.897. The zero-order valence-corrected chi connectivity index (χ0v) is 12.7. The van der Waals surface area contributed by atoms with Gasteiger partial charge in [-0.05, 0) is 31.4 Å². The maximum atomic E-state index is 12.3. The largest absolute Gasteiger partial charge is 0.459 e. The summed E-state index contributed by atoms with van der Waals surface area (Å²) in [6, 6.07) is 3.39. The van der Waals surface area contributed by atoms with Crippen molar-refractivity contribution >= 4 is 11.9 Å². The highest BCUT2D eigenvalue weighted by molar-refractivity contribution is 5.91. The number of hydrogen-bond acceptors (Lipinski definition) is 5. The van der Waals surface area contributed by atoms with Crippen LogP contribution in [0, 0.1) is 0 Å². The molecule has 0 unspecified atom stereocenters. The predicted molar refractivity (Wildman–Crippen MR) is 83.7 cm³/mol. The van der Waals surface area contributed by atoms with Crippen molar-refractivity contribution in [1.29, 1.82) is 0 Å². The van der Waals surface area contributed by atoms with Gasteiger partial charge in [-0.2, -0.15) is 0 Å². The number of H-pyrrole nitrogens is 1. The SMILES string of the molecule is O=C(c1ccco1)N1CCN(c2nc3c(c(=O)[nH]2)CCC3)CC1. The molecule has 1 amide bonds. The second-order valence-corrected chi connectivity index (χ2v) is 5.92. The molecular weight excluding hydrogens is 296 g/mol. The first-order chi connectivity index (χ1) is 11.2. The smallest absolute Gasteiger partial charge is 0.289 e. The molecular formula is C16H18N4O3. The number of nitrogens with one attached hydrogen (secondary N) is 1. The Morgan fingerprint density at radius 1 is 1.22 bits per heavy atom. The fourth-order valence-electron chi connectivity index (χ4n) is 3.26. The molecule has 120 valence electrons. The van der Waals surface area contributed by atoms with Crippen molar-refractivity contribution in [2.45, 2.75) is 19.3 Å². The topological polar surface area (TPSA) is 82.4 Å². The van der Waals surface area contributed by atoms with Gasteiger partial charge in [0, 0.05) is 31.7 Å². The van der Waals surface area contributed by atoms with Crippen molar-refractivity contribution < 1.29 is 9.21 Å². The molecule has 0 saturated carbocycles. The van der Waals surface area contributed by atoms with Gasteiger partial charge in [0.25, 0.3) is 11.5 Å². The molecule has 1 saturated heterocycles. The van der Waals surface area contributed by atoms with E-state index in [2.05, 4.69) is 9.97 Å². The van der Waals surface area contributed by atoms with E-state index in [1.165, 1.54) is 6.26 Å². The third kappa shape index (κ3) is 2.52. The van der Waals surface area contributed by atoms with Crippen LogP contribution in [0.3, 0.4) is 0 Å². The van der Waals surface area contributed by atoms with Crippen molar-refractivity contribution in [3.63, 3.8) is 0 Å². The molecule has 0 atom stereocenters. The molecule has 2 aromatic rings. The van der Waals surface area contributed by atoms with E-state index in [0.29, 0.717) is 37.9 Å². The minimum absolute atomic E-state index is 0.0170. The van der Waals surface area contributed by atoms with E-state index in [-0.39, 0.29) is 11.5 Å². The number of amides is 1. The Morgan fingerprint density at radius 3 is 2.78 bits per heavy atom. The molecule has 7 heteroatoms. The lowest BCUT2D eigenvalue weighted by Crippen LogP contribution is -2.49. The lowest BCUT2D eigenvalue weighted by molar-refractivity contribution is 0.0714. The van der Waals surface area contributed by atoms with Gasteiger partial charge in [-0.1, -0.05) is 0 Å². The number of aromatic amines is 1. The van der Waals surface area contributed by atoms with Crippen LogP contribution in [-0.4, -0.2) is 47.0 Å². The van der Waals surface area contributed by atoms with Gasteiger partial charge >= 0.3 is 0 Å². The number of hydrogen-bond donors (Lipinski definition) is 1. The van der Waals surface area contributed by atoms with Crippen LogP contribution in [0.5, 0.6) is 0 Å². The Kier molecular flexibility index (Phi) is 3.40. The number of anilines is 1. The van der Waals surface area contributed by atoms with Crippen LogP contribution < -0.4 is 10.5 Å². The number of fused-ring (bicyclic) bond motifs is 1. The van der Waals surface area contributed by atoms with E-state index in [1.807, 2.05) is 4.90 Å². The molecule has 3 heterocycles. The Labute approximate surface area is 132 Å². The fraction of sp³-hybridized carbons (Fsp3) is 0.438. The van der Waals surface area contributed by atoms with E-state index < -0.39 is 0 Å². The fourth-order valence-corrected chi connectivity index (χ4v) is 3.26. The summed E-state index contributed by atoms with van der Waals surface area (Å²) < 4.78 is 5.16. The third-order valence-electron chi connectivity index (χ3n) is 4.53. The average molecular weight is 314 g/mol. The quantitative estimate of drug-likeness (QED) is 0.887. The number of nitrogens with zero attached hydrogens (tertiary/aromatic N) is 3. The molecule has 1 aliphatic heterocycles. The van der Waals surface area contributed by atoms with Crippen LogP contribution in [0.25, 0.3) is 0 Å². The van der Waals surface area contributed by atoms with Gasteiger partial charge in [-0.15, -0.1) is 0 Å². The minimum atomic E-state index is -0.0925. The highest BCUT2D eigenvalue weighted by Gasteiger charge is 2.26. The van der Waals surface area contributed by atoms with E-state index in [9.17, 15) is 9.59 Å². The summed E-state index contributed by atoms with van der Waals surface area (Å²) in [6.45, 7) is 2.46. The number of carbonyl (C=O) groups excluding carboxylic acids is 1. The third-order valence-corrected chi connectivity index (χ3v) is 4.53. The Hall–Kier alpha value is -2.57. The number of aromatic nitrogens is 2. The summed E-state index contributed by atoms with van der Waals surface area (Å²) in [5, 5.41) is 0. The van der Waals surface area contributed by atoms with Crippen LogP contribution in [-0.2, 0) is 12.8 Å². The molecule has 4 rings (SSSR count). The molecule has 2 aromatic heterocycles. The summed E-state index contributed by atoms with van der Waals surface area (Å²) in [7, 11) is 0. The number of piperazine rings is 1. The van der Waals surface area contributed by atoms with Gasteiger partial charge in [0.05, 0.1) is 12.0 Å². The number of rotatable bonds is 2.